The van der Waals surface area contributed by atoms with Crippen molar-refractivity contribution < 1.29 is 9.47 Å². The Morgan fingerprint density at radius 1 is 1.08 bits per heavy atom. The standard InChI is InChI=1S/C21H25BrClNO2/c1-25-20-11-16(13-24-18-5-3-2-4-6-18)19(22)12-21(20)26-14-15-7-9-17(23)10-8-15/h7-12,18,24H,2-6,13-14H2,1H3. The van der Waals surface area contributed by atoms with Crippen LogP contribution >= 0.6 is 27.5 Å². The number of methoxy groups -OCH3 is 1. The summed E-state index contributed by atoms with van der Waals surface area (Å²) in [5.41, 5.74) is 2.25. The van der Waals surface area contributed by atoms with E-state index in [1.165, 1.54) is 37.7 Å². The van der Waals surface area contributed by atoms with Gasteiger partial charge in [0.15, 0.2) is 11.5 Å². The molecule has 0 aliphatic heterocycles. The van der Waals surface area contributed by atoms with Gasteiger partial charge in [-0.3, -0.25) is 0 Å². The minimum atomic E-state index is 0.472. The molecule has 2 aromatic rings. The van der Waals surface area contributed by atoms with E-state index < -0.39 is 0 Å². The molecule has 1 N–H and O–H groups in total. The third-order valence-corrected chi connectivity index (χ3v) is 5.82. The molecule has 1 fully saturated rings. The monoisotopic (exact) mass is 437 g/mol. The fourth-order valence-corrected chi connectivity index (χ4v) is 3.88. The van der Waals surface area contributed by atoms with Crippen LogP contribution in [0, 0.1) is 0 Å². The fraction of sp³-hybridized carbons (Fsp3) is 0.429. The second kappa shape index (κ2) is 9.63. The van der Waals surface area contributed by atoms with Gasteiger partial charge in [0, 0.05) is 22.1 Å². The summed E-state index contributed by atoms with van der Waals surface area (Å²) in [4.78, 5) is 0. The van der Waals surface area contributed by atoms with Crippen LogP contribution in [0.25, 0.3) is 0 Å². The molecule has 0 aromatic heterocycles. The molecule has 2 aromatic carbocycles. The van der Waals surface area contributed by atoms with Crippen molar-refractivity contribution in [3.05, 3.63) is 57.0 Å². The summed E-state index contributed by atoms with van der Waals surface area (Å²) < 4.78 is 12.5. The second-order valence-corrected chi connectivity index (χ2v) is 8.02. The van der Waals surface area contributed by atoms with Crippen molar-refractivity contribution in [3.63, 3.8) is 0 Å². The third kappa shape index (κ3) is 5.38. The molecule has 0 saturated heterocycles. The summed E-state index contributed by atoms with van der Waals surface area (Å²) >= 11 is 9.61. The van der Waals surface area contributed by atoms with Gasteiger partial charge in [0.05, 0.1) is 7.11 Å². The van der Waals surface area contributed by atoms with Crippen LogP contribution in [-0.2, 0) is 13.2 Å². The van der Waals surface area contributed by atoms with Crippen molar-refractivity contribution >= 4 is 27.5 Å². The largest absolute Gasteiger partial charge is 0.493 e. The normalized spacial score (nSPS) is 15.0. The Morgan fingerprint density at radius 3 is 2.50 bits per heavy atom. The maximum Gasteiger partial charge on any atom is 0.162 e. The molecule has 1 saturated carbocycles. The van der Waals surface area contributed by atoms with Crippen LogP contribution in [0.5, 0.6) is 11.5 Å². The van der Waals surface area contributed by atoms with Gasteiger partial charge in [0.25, 0.3) is 0 Å². The summed E-state index contributed by atoms with van der Waals surface area (Å²) in [6.07, 6.45) is 6.59. The number of ether oxygens (including phenoxy) is 2. The Morgan fingerprint density at radius 2 is 1.81 bits per heavy atom. The number of benzene rings is 2. The van der Waals surface area contributed by atoms with Gasteiger partial charge in [-0.15, -0.1) is 0 Å². The first-order valence-electron chi connectivity index (χ1n) is 9.13. The zero-order valence-corrected chi connectivity index (χ0v) is 17.4. The zero-order chi connectivity index (χ0) is 18.4. The van der Waals surface area contributed by atoms with E-state index in [9.17, 15) is 0 Å². The Kier molecular flexibility index (Phi) is 7.23. The van der Waals surface area contributed by atoms with Gasteiger partial charge in [-0.2, -0.15) is 0 Å². The van der Waals surface area contributed by atoms with Gasteiger partial charge >= 0.3 is 0 Å². The summed E-state index contributed by atoms with van der Waals surface area (Å²) in [7, 11) is 1.68. The van der Waals surface area contributed by atoms with Crippen molar-refractivity contribution in [2.75, 3.05) is 7.11 Å². The predicted molar refractivity (Wildman–Crippen MR) is 110 cm³/mol. The van der Waals surface area contributed by atoms with Crippen LogP contribution in [0.1, 0.15) is 43.2 Å². The van der Waals surface area contributed by atoms with E-state index >= 15 is 0 Å². The summed E-state index contributed by atoms with van der Waals surface area (Å²) in [6.45, 7) is 1.30. The summed E-state index contributed by atoms with van der Waals surface area (Å²) in [5.74, 6) is 1.48. The molecule has 0 spiro atoms. The van der Waals surface area contributed by atoms with Gasteiger partial charge in [0.1, 0.15) is 6.61 Å². The highest BCUT2D eigenvalue weighted by Crippen LogP contribution is 2.34. The Balaban J connectivity index is 1.64. The van der Waals surface area contributed by atoms with E-state index in [2.05, 4.69) is 27.3 Å². The highest BCUT2D eigenvalue weighted by molar-refractivity contribution is 9.10. The van der Waals surface area contributed by atoms with E-state index in [0.29, 0.717) is 12.6 Å². The first-order valence-corrected chi connectivity index (χ1v) is 10.3. The van der Waals surface area contributed by atoms with Crippen molar-refractivity contribution in [1.82, 2.24) is 5.32 Å². The molecule has 26 heavy (non-hydrogen) atoms. The molecule has 0 atom stereocenters. The van der Waals surface area contributed by atoms with Crippen LogP contribution in [0.4, 0.5) is 0 Å². The number of nitrogens with one attached hydrogen (secondary N) is 1. The van der Waals surface area contributed by atoms with E-state index in [-0.39, 0.29) is 0 Å². The SMILES string of the molecule is COc1cc(CNC2CCCCC2)c(Br)cc1OCc1ccc(Cl)cc1. The van der Waals surface area contributed by atoms with Gasteiger partial charge in [-0.05, 0) is 48.2 Å². The fourth-order valence-electron chi connectivity index (χ4n) is 3.29. The van der Waals surface area contributed by atoms with Crippen molar-refractivity contribution in [1.29, 1.82) is 0 Å². The number of hydrogen-bond acceptors (Lipinski definition) is 3. The molecule has 0 unspecified atom stereocenters. The lowest BCUT2D eigenvalue weighted by Crippen LogP contribution is -2.30. The van der Waals surface area contributed by atoms with Crippen LogP contribution in [0.3, 0.4) is 0 Å². The molecular weight excluding hydrogens is 414 g/mol. The molecule has 0 amide bonds. The van der Waals surface area contributed by atoms with Crippen LogP contribution < -0.4 is 14.8 Å². The van der Waals surface area contributed by atoms with Gasteiger partial charge < -0.3 is 14.8 Å². The average Bonchev–Trinajstić information content (AvgIpc) is 2.67. The molecule has 1 aliphatic rings. The molecule has 5 heteroatoms. The van der Waals surface area contributed by atoms with Crippen molar-refractivity contribution in [2.24, 2.45) is 0 Å². The van der Waals surface area contributed by atoms with E-state index in [1.54, 1.807) is 7.11 Å². The highest BCUT2D eigenvalue weighted by atomic mass is 79.9. The molecular formula is C21H25BrClNO2. The maximum absolute atomic E-state index is 5.97. The van der Waals surface area contributed by atoms with Crippen molar-refractivity contribution in [3.8, 4) is 11.5 Å². The smallest absolute Gasteiger partial charge is 0.162 e. The number of hydrogen-bond donors (Lipinski definition) is 1. The number of rotatable bonds is 7. The molecule has 3 rings (SSSR count). The first-order chi connectivity index (χ1) is 12.7. The van der Waals surface area contributed by atoms with E-state index in [4.69, 9.17) is 21.1 Å². The second-order valence-electron chi connectivity index (χ2n) is 6.73. The summed E-state index contributed by atoms with van der Waals surface area (Å²) in [6, 6.07) is 12.3. The lowest BCUT2D eigenvalue weighted by Gasteiger charge is -2.23. The predicted octanol–water partition coefficient (Wildman–Crippen LogP) is 6.11. The van der Waals surface area contributed by atoms with Gasteiger partial charge in [0.2, 0.25) is 0 Å². The molecule has 3 nitrogen and oxygen atoms in total. The van der Waals surface area contributed by atoms with E-state index in [0.717, 1.165) is 33.1 Å². The summed E-state index contributed by atoms with van der Waals surface area (Å²) in [5, 5.41) is 4.40. The maximum atomic E-state index is 5.97. The van der Waals surface area contributed by atoms with E-state index in [1.807, 2.05) is 30.3 Å². The van der Waals surface area contributed by atoms with Crippen LogP contribution in [-0.4, -0.2) is 13.2 Å². The molecule has 0 radical (unpaired) electrons. The Bertz CT molecular complexity index is 715. The lowest BCUT2D eigenvalue weighted by molar-refractivity contribution is 0.284. The quantitative estimate of drug-likeness (QED) is 0.565. The molecule has 0 heterocycles. The van der Waals surface area contributed by atoms with Crippen molar-refractivity contribution in [2.45, 2.75) is 51.3 Å². The minimum Gasteiger partial charge on any atom is -0.493 e. The molecule has 140 valence electrons. The Labute approximate surface area is 169 Å². The zero-order valence-electron chi connectivity index (χ0n) is 15.1. The average molecular weight is 439 g/mol. The molecule has 0 bridgehead atoms. The topological polar surface area (TPSA) is 30.5 Å². The first kappa shape index (κ1) is 19.5. The number of halogens is 2. The Hall–Kier alpha value is -1.23. The van der Waals surface area contributed by atoms with Crippen LogP contribution in [0.2, 0.25) is 5.02 Å². The highest BCUT2D eigenvalue weighted by Gasteiger charge is 2.15. The van der Waals surface area contributed by atoms with Gasteiger partial charge in [-0.1, -0.05) is 58.9 Å². The van der Waals surface area contributed by atoms with Gasteiger partial charge in [-0.25, -0.2) is 0 Å². The molecule has 1 aliphatic carbocycles. The minimum absolute atomic E-state index is 0.472. The lowest BCUT2D eigenvalue weighted by atomic mass is 9.95. The third-order valence-electron chi connectivity index (χ3n) is 4.83. The van der Waals surface area contributed by atoms with Crippen LogP contribution in [0.15, 0.2) is 40.9 Å².